The fourth-order valence-corrected chi connectivity index (χ4v) is 1.94. The Bertz CT molecular complexity index is 352. The zero-order valence-corrected chi connectivity index (χ0v) is 12.6. The van der Waals surface area contributed by atoms with Crippen molar-refractivity contribution < 1.29 is 9.47 Å². The number of hydrogen-bond acceptors (Lipinski definition) is 3. The molecule has 0 aliphatic carbocycles. The van der Waals surface area contributed by atoms with Crippen molar-refractivity contribution in [3.8, 4) is 5.75 Å². The Hall–Kier alpha value is -1.06. The van der Waals surface area contributed by atoms with E-state index in [-0.39, 0.29) is 12.1 Å². The molecule has 0 aliphatic heterocycles. The molecule has 1 N–H and O–H groups in total. The third-order valence-corrected chi connectivity index (χ3v) is 2.72. The molecule has 0 aromatic heterocycles. The summed E-state index contributed by atoms with van der Waals surface area (Å²) >= 11 is 0. The van der Waals surface area contributed by atoms with Crippen molar-refractivity contribution in [1.82, 2.24) is 5.32 Å². The SMILES string of the molecule is CCCOCC(NCC)c1cccc(OC(C)C)c1. The van der Waals surface area contributed by atoms with Crippen molar-refractivity contribution in [3.63, 3.8) is 0 Å². The van der Waals surface area contributed by atoms with Crippen LogP contribution in [0.5, 0.6) is 5.75 Å². The summed E-state index contributed by atoms with van der Waals surface area (Å²) in [6.07, 6.45) is 1.25. The van der Waals surface area contributed by atoms with Crippen LogP contribution in [0, 0.1) is 0 Å². The Balaban J connectivity index is 2.71. The fraction of sp³-hybridized carbons (Fsp3) is 0.625. The maximum Gasteiger partial charge on any atom is 0.120 e. The molecule has 0 fully saturated rings. The van der Waals surface area contributed by atoms with Crippen molar-refractivity contribution in [2.24, 2.45) is 0 Å². The van der Waals surface area contributed by atoms with Gasteiger partial charge in [0.1, 0.15) is 5.75 Å². The van der Waals surface area contributed by atoms with Gasteiger partial charge in [-0.05, 0) is 44.5 Å². The van der Waals surface area contributed by atoms with Gasteiger partial charge in [-0.3, -0.25) is 0 Å². The van der Waals surface area contributed by atoms with Gasteiger partial charge in [-0.15, -0.1) is 0 Å². The Morgan fingerprint density at radius 3 is 2.63 bits per heavy atom. The molecule has 1 aromatic rings. The molecule has 0 heterocycles. The fourth-order valence-electron chi connectivity index (χ4n) is 1.94. The van der Waals surface area contributed by atoms with Gasteiger partial charge in [-0.25, -0.2) is 0 Å². The highest BCUT2D eigenvalue weighted by Gasteiger charge is 2.11. The molecule has 3 nitrogen and oxygen atoms in total. The lowest BCUT2D eigenvalue weighted by molar-refractivity contribution is 0.112. The summed E-state index contributed by atoms with van der Waals surface area (Å²) < 4.78 is 11.4. The van der Waals surface area contributed by atoms with Crippen LogP contribution in [0.1, 0.15) is 45.7 Å². The molecular formula is C16H27NO2. The molecule has 19 heavy (non-hydrogen) atoms. The molecule has 0 saturated heterocycles. The van der Waals surface area contributed by atoms with E-state index in [4.69, 9.17) is 9.47 Å². The van der Waals surface area contributed by atoms with Gasteiger partial charge < -0.3 is 14.8 Å². The molecule has 1 aromatic carbocycles. The lowest BCUT2D eigenvalue weighted by Crippen LogP contribution is -2.25. The minimum Gasteiger partial charge on any atom is -0.491 e. The largest absolute Gasteiger partial charge is 0.491 e. The van der Waals surface area contributed by atoms with Gasteiger partial charge in [0.2, 0.25) is 0 Å². The molecule has 0 amide bonds. The summed E-state index contributed by atoms with van der Waals surface area (Å²) in [6.45, 7) is 10.8. The average Bonchev–Trinajstić information content (AvgIpc) is 2.37. The second-order valence-electron chi connectivity index (χ2n) is 4.92. The third-order valence-electron chi connectivity index (χ3n) is 2.72. The summed E-state index contributed by atoms with van der Waals surface area (Å²) in [5.74, 6) is 0.922. The molecule has 0 radical (unpaired) electrons. The monoisotopic (exact) mass is 265 g/mol. The molecule has 0 saturated carbocycles. The maximum absolute atomic E-state index is 5.74. The van der Waals surface area contributed by atoms with Crippen LogP contribution in [0.2, 0.25) is 0 Å². The minimum atomic E-state index is 0.198. The normalized spacial score (nSPS) is 12.7. The minimum absolute atomic E-state index is 0.198. The highest BCUT2D eigenvalue weighted by molar-refractivity contribution is 5.30. The summed E-state index contributed by atoms with van der Waals surface area (Å²) in [6, 6.07) is 8.49. The van der Waals surface area contributed by atoms with Gasteiger partial charge in [0, 0.05) is 6.61 Å². The first-order valence-electron chi connectivity index (χ1n) is 7.25. The number of rotatable bonds is 9. The van der Waals surface area contributed by atoms with E-state index in [0.29, 0.717) is 6.61 Å². The number of nitrogens with one attached hydrogen (secondary N) is 1. The molecule has 108 valence electrons. The highest BCUT2D eigenvalue weighted by Crippen LogP contribution is 2.20. The maximum atomic E-state index is 5.74. The van der Waals surface area contributed by atoms with Gasteiger partial charge in [0.15, 0.2) is 0 Å². The van der Waals surface area contributed by atoms with Crippen LogP contribution in [-0.2, 0) is 4.74 Å². The quantitative estimate of drug-likeness (QED) is 0.693. The summed E-state index contributed by atoms with van der Waals surface area (Å²) in [4.78, 5) is 0. The van der Waals surface area contributed by atoms with Crippen molar-refractivity contribution in [2.45, 2.75) is 46.3 Å². The van der Waals surface area contributed by atoms with Gasteiger partial charge in [0.05, 0.1) is 18.8 Å². The van der Waals surface area contributed by atoms with E-state index >= 15 is 0 Å². The molecule has 0 aliphatic rings. The van der Waals surface area contributed by atoms with Crippen LogP contribution in [0.25, 0.3) is 0 Å². The molecular weight excluding hydrogens is 238 g/mol. The second-order valence-corrected chi connectivity index (χ2v) is 4.92. The van der Waals surface area contributed by atoms with Crippen LogP contribution < -0.4 is 10.1 Å². The summed E-state index contributed by atoms with van der Waals surface area (Å²) in [5, 5.41) is 3.46. The predicted molar refractivity (Wildman–Crippen MR) is 79.7 cm³/mol. The van der Waals surface area contributed by atoms with Crippen LogP contribution in [0.3, 0.4) is 0 Å². The summed E-state index contributed by atoms with van der Waals surface area (Å²) in [7, 11) is 0. The molecule has 1 unspecified atom stereocenters. The average molecular weight is 265 g/mol. The van der Waals surface area contributed by atoms with Crippen molar-refractivity contribution in [2.75, 3.05) is 19.8 Å². The molecule has 0 bridgehead atoms. The van der Waals surface area contributed by atoms with E-state index in [0.717, 1.165) is 25.3 Å². The smallest absolute Gasteiger partial charge is 0.120 e. The Kier molecular flexibility index (Phi) is 7.53. The van der Waals surface area contributed by atoms with E-state index in [1.165, 1.54) is 5.56 Å². The zero-order chi connectivity index (χ0) is 14.1. The van der Waals surface area contributed by atoms with Crippen LogP contribution >= 0.6 is 0 Å². The van der Waals surface area contributed by atoms with Crippen molar-refractivity contribution >= 4 is 0 Å². The van der Waals surface area contributed by atoms with Crippen molar-refractivity contribution in [1.29, 1.82) is 0 Å². The van der Waals surface area contributed by atoms with Gasteiger partial charge in [-0.1, -0.05) is 26.0 Å². The molecule has 1 rings (SSSR count). The third kappa shape index (κ3) is 6.08. The highest BCUT2D eigenvalue weighted by atomic mass is 16.5. The van der Waals surface area contributed by atoms with Gasteiger partial charge in [0.25, 0.3) is 0 Å². The number of benzene rings is 1. The van der Waals surface area contributed by atoms with Gasteiger partial charge in [-0.2, -0.15) is 0 Å². The second kappa shape index (κ2) is 8.94. The van der Waals surface area contributed by atoms with E-state index < -0.39 is 0 Å². The number of likely N-dealkylation sites (N-methyl/N-ethyl adjacent to an activating group) is 1. The van der Waals surface area contributed by atoms with E-state index in [9.17, 15) is 0 Å². The Morgan fingerprint density at radius 2 is 2.00 bits per heavy atom. The zero-order valence-electron chi connectivity index (χ0n) is 12.6. The number of ether oxygens (including phenoxy) is 2. The number of hydrogen-bond donors (Lipinski definition) is 1. The molecule has 1 atom stereocenters. The first-order chi connectivity index (χ1) is 9.17. The lowest BCUT2D eigenvalue weighted by atomic mass is 10.1. The van der Waals surface area contributed by atoms with Gasteiger partial charge >= 0.3 is 0 Å². The predicted octanol–water partition coefficient (Wildman–Crippen LogP) is 3.55. The van der Waals surface area contributed by atoms with E-state index in [1.54, 1.807) is 0 Å². The first-order valence-corrected chi connectivity index (χ1v) is 7.25. The topological polar surface area (TPSA) is 30.5 Å². The van der Waals surface area contributed by atoms with E-state index in [1.807, 2.05) is 26.0 Å². The Morgan fingerprint density at radius 1 is 1.21 bits per heavy atom. The van der Waals surface area contributed by atoms with Crippen LogP contribution in [0.15, 0.2) is 24.3 Å². The molecule has 0 spiro atoms. The molecule has 3 heteroatoms. The van der Waals surface area contributed by atoms with Crippen LogP contribution in [0.4, 0.5) is 0 Å². The standard InChI is InChI=1S/C16H27NO2/c1-5-10-18-12-16(17-6-2)14-8-7-9-15(11-14)19-13(3)4/h7-9,11,13,16-17H,5-6,10,12H2,1-4H3. The Labute approximate surface area is 117 Å². The summed E-state index contributed by atoms with van der Waals surface area (Å²) in [5.41, 5.74) is 1.22. The van der Waals surface area contributed by atoms with E-state index in [2.05, 4.69) is 31.3 Å². The first kappa shape index (κ1) is 16.0. The van der Waals surface area contributed by atoms with Crippen LogP contribution in [-0.4, -0.2) is 25.9 Å². The lowest BCUT2D eigenvalue weighted by Gasteiger charge is -2.19. The van der Waals surface area contributed by atoms with Crippen molar-refractivity contribution in [3.05, 3.63) is 29.8 Å².